The molecule has 1 rings (SSSR count). The molecular weight excluding hydrogens is 296 g/mol. The predicted octanol–water partition coefficient (Wildman–Crippen LogP) is 3.79. The second-order valence-corrected chi connectivity index (χ2v) is 8.07. The molecule has 20 heavy (non-hydrogen) atoms. The van der Waals surface area contributed by atoms with Crippen molar-refractivity contribution in [3.8, 4) is 0 Å². The summed E-state index contributed by atoms with van der Waals surface area (Å²) in [5.74, 6) is 0.178. The van der Waals surface area contributed by atoms with Crippen LogP contribution in [-0.2, 0) is 13.8 Å². The number of rotatable bonds is 9. The van der Waals surface area contributed by atoms with Crippen LogP contribution in [0.1, 0.15) is 38.2 Å². The van der Waals surface area contributed by atoms with Gasteiger partial charge < -0.3 is 4.74 Å². The number of benzene rings is 1. The zero-order chi connectivity index (χ0) is 15.0. The van der Waals surface area contributed by atoms with Crippen molar-refractivity contribution in [2.45, 2.75) is 32.6 Å². The van der Waals surface area contributed by atoms with Gasteiger partial charge in [0.15, 0.2) is 0 Å². The van der Waals surface area contributed by atoms with Gasteiger partial charge in [-0.15, -0.1) is 0 Å². The topological polar surface area (TPSA) is 43.4 Å². The van der Waals surface area contributed by atoms with E-state index in [9.17, 15) is 8.42 Å². The van der Waals surface area contributed by atoms with Gasteiger partial charge in [0.25, 0.3) is 0 Å². The molecule has 114 valence electrons. The van der Waals surface area contributed by atoms with Crippen LogP contribution in [0, 0.1) is 5.92 Å². The highest BCUT2D eigenvalue weighted by atomic mass is 35.7. The number of halogens is 1. The largest absolute Gasteiger partial charge is 0.381 e. The van der Waals surface area contributed by atoms with Gasteiger partial charge in [0.05, 0.1) is 12.4 Å². The molecule has 5 heteroatoms. The molecule has 0 amide bonds. The lowest BCUT2D eigenvalue weighted by molar-refractivity contribution is 0.0934. The minimum absolute atomic E-state index is 0.0965. The zero-order valence-electron chi connectivity index (χ0n) is 12.1. The molecule has 0 aromatic heterocycles. The van der Waals surface area contributed by atoms with Crippen LogP contribution in [0.3, 0.4) is 0 Å². The SMILES string of the molecule is CCCC(C)COCC(CS(=O)(=O)Cl)c1ccccc1. The first-order valence-corrected chi connectivity index (χ1v) is 9.45. The Labute approximate surface area is 126 Å². The van der Waals surface area contributed by atoms with Crippen molar-refractivity contribution in [2.75, 3.05) is 19.0 Å². The summed E-state index contributed by atoms with van der Waals surface area (Å²) in [6.07, 6.45) is 2.24. The fourth-order valence-electron chi connectivity index (χ4n) is 2.19. The molecule has 0 aliphatic carbocycles. The average molecular weight is 319 g/mol. The van der Waals surface area contributed by atoms with Crippen LogP contribution in [0.15, 0.2) is 30.3 Å². The number of hydrogen-bond donors (Lipinski definition) is 0. The van der Waals surface area contributed by atoms with E-state index in [1.807, 2.05) is 30.3 Å². The van der Waals surface area contributed by atoms with Crippen molar-refractivity contribution in [3.05, 3.63) is 35.9 Å². The summed E-state index contributed by atoms with van der Waals surface area (Å²) in [6.45, 7) is 5.31. The molecule has 0 saturated heterocycles. The molecular formula is C15H23ClO3S. The summed E-state index contributed by atoms with van der Waals surface area (Å²) >= 11 is 0. The van der Waals surface area contributed by atoms with Crippen LogP contribution in [0.4, 0.5) is 0 Å². The van der Waals surface area contributed by atoms with Crippen LogP contribution < -0.4 is 0 Å². The van der Waals surface area contributed by atoms with Crippen molar-refractivity contribution in [1.82, 2.24) is 0 Å². The van der Waals surface area contributed by atoms with E-state index in [2.05, 4.69) is 13.8 Å². The van der Waals surface area contributed by atoms with Crippen molar-refractivity contribution in [3.63, 3.8) is 0 Å². The lowest BCUT2D eigenvalue weighted by Gasteiger charge is -2.18. The van der Waals surface area contributed by atoms with Gasteiger partial charge in [0.2, 0.25) is 9.05 Å². The Morgan fingerprint density at radius 2 is 1.85 bits per heavy atom. The fraction of sp³-hybridized carbons (Fsp3) is 0.600. The Balaban J connectivity index is 2.60. The van der Waals surface area contributed by atoms with Gasteiger partial charge >= 0.3 is 0 Å². The first-order chi connectivity index (χ1) is 9.42. The van der Waals surface area contributed by atoms with E-state index in [-0.39, 0.29) is 11.7 Å². The van der Waals surface area contributed by atoms with E-state index in [0.29, 0.717) is 19.1 Å². The Bertz CT molecular complexity index is 473. The van der Waals surface area contributed by atoms with E-state index < -0.39 is 9.05 Å². The predicted molar refractivity (Wildman–Crippen MR) is 83.7 cm³/mol. The van der Waals surface area contributed by atoms with Crippen LogP contribution >= 0.6 is 10.7 Å². The standard InChI is InChI=1S/C15H23ClO3S/c1-3-7-13(2)10-19-11-15(12-20(16,17)18)14-8-5-4-6-9-14/h4-6,8-9,13,15H,3,7,10-12H2,1-2H3. The van der Waals surface area contributed by atoms with Crippen molar-refractivity contribution in [2.24, 2.45) is 5.92 Å². The summed E-state index contributed by atoms with van der Waals surface area (Å²) < 4.78 is 28.3. The van der Waals surface area contributed by atoms with E-state index in [0.717, 1.165) is 18.4 Å². The normalized spacial score (nSPS) is 14.9. The minimum atomic E-state index is -3.54. The summed E-state index contributed by atoms with van der Waals surface area (Å²) in [5.41, 5.74) is 0.944. The molecule has 1 aromatic rings. The zero-order valence-corrected chi connectivity index (χ0v) is 13.7. The lowest BCUT2D eigenvalue weighted by atomic mass is 10.0. The van der Waals surface area contributed by atoms with Gasteiger partial charge in [0.1, 0.15) is 0 Å². The van der Waals surface area contributed by atoms with Crippen molar-refractivity contribution < 1.29 is 13.2 Å². The van der Waals surface area contributed by atoms with Crippen LogP contribution in [0.5, 0.6) is 0 Å². The number of ether oxygens (including phenoxy) is 1. The molecule has 0 bridgehead atoms. The molecule has 0 aliphatic rings. The van der Waals surface area contributed by atoms with Gasteiger partial charge in [-0.1, -0.05) is 50.6 Å². The second-order valence-electron chi connectivity index (χ2n) is 5.24. The highest BCUT2D eigenvalue weighted by Gasteiger charge is 2.19. The molecule has 0 aliphatic heterocycles. The van der Waals surface area contributed by atoms with E-state index in [1.54, 1.807) is 0 Å². The Morgan fingerprint density at radius 3 is 2.40 bits per heavy atom. The molecule has 2 atom stereocenters. The highest BCUT2D eigenvalue weighted by Crippen LogP contribution is 2.20. The van der Waals surface area contributed by atoms with Gasteiger partial charge in [-0.25, -0.2) is 8.42 Å². The Kier molecular flexibility index (Phi) is 7.56. The molecule has 0 spiro atoms. The van der Waals surface area contributed by atoms with Gasteiger partial charge in [-0.05, 0) is 17.9 Å². The first-order valence-electron chi connectivity index (χ1n) is 6.97. The fourth-order valence-corrected chi connectivity index (χ4v) is 3.42. The molecule has 0 heterocycles. The van der Waals surface area contributed by atoms with E-state index >= 15 is 0 Å². The molecule has 0 N–H and O–H groups in total. The van der Waals surface area contributed by atoms with Crippen molar-refractivity contribution in [1.29, 1.82) is 0 Å². The van der Waals surface area contributed by atoms with Crippen molar-refractivity contribution >= 4 is 19.7 Å². The maximum atomic E-state index is 11.3. The smallest absolute Gasteiger partial charge is 0.233 e. The minimum Gasteiger partial charge on any atom is -0.381 e. The third-order valence-corrected chi connectivity index (χ3v) is 4.35. The molecule has 2 unspecified atom stereocenters. The molecule has 0 fully saturated rings. The molecule has 0 radical (unpaired) electrons. The monoisotopic (exact) mass is 318 g/mol. The lowest BCUT2D eigenvalue weighted by Crippen LogP contribution is -2.18. The summed E-state index contributed by atoms with van der Waals surface area (Å²) in [5, 5.41) is 0. The Morgan fingerprint density at radius 1 is 1.20 bits per heavy atom. The third-order valence-electron chi connectivity index (χ3n) is 3.17. The van der Waals surface area contributed by atoms with E-state index in [4.69, 9.17) is 15.4 Å². The van der Waals surface area contributed by atoms with Gasteiger partial charge in [-0.3, -0.25) is 0 Å². The van der Waals surface area contributed by atoms with Crippen LogP contribution in [0.2, 0.25) is 0 Å². The van der Waals surface area contributed by atoms with Gasteiger partial charge in [-0.2, -0.15) is 0 Å². The summed E-state index contributed by atoms with van der Waals surface area (Å²) in [6, 6.07) is 9.50. The Hall–Kier alpha value is -0.580. The maximum absolute atomic E-state index is 11.3. The van der Waals surface area contributed by atoms with Gasteiger partial charge in [0, 0.05) is 23.2 Å². The molecule has 0 saturated carbocycles. The summed E-state index contributed by atoms with van der Waals surface area (Å²) in [4.78, 5) is 0. The highest BCUT2D eigenvalue weighted by molar-refractivity contribution is 8.13. The molecule has 3 nitrogen and oxygen atoms in total. The van der Waals surface area contributed by atoms with E-state index in [1.165, 1.54) is 0 Å². The second kappa shape index (κ2) is 8.65. The third kappa shape index (κ3) is 7.27. The quantitative estimate of drug-likeness (QED) is 0.651. The van der Waals surface area contributed by atoms with Crippen LogP contribution in [-0.4, -0.2) is 27.4 Å². The summed E-state index contributed by atoms with van der Waals surface area (Å²) in [7, 11) is 1.85. The molecule has 1 aromatic carbocycles. The number of hydrogen-bond acceptors (Lipinski definition) is 3. The maximum Gasteiger partial charge on any atom is 0.233 e. The van der Waals surface area contributed by atoms with Crippen LogP contribution in [0.25, 0.3) is 0 Å². The first kappa shape index (κ1) is 17.5. The average Bonchev–Trinajstić information content (AvgIpc) is 2.37.